The van der Waals surface area contributed by atoms with Crippen LogP contribution >= 0.6 is 11.3 Å². The third-order valence-corrected chi connectivity index (χ3v) is 5.64. The van der Waals surface area contributed by atoms with E-state index in [1.807, 2.05) is 11.3 Å². The van der Waals surface area contributed by atoms with Gasteiger partial charge in [-0.1, -0.05) is 13.8 Å². The maximum atomic E-state index is 4.43. The zero-order chi connectivity index (χ0) is 13.5. The maximum absolute atomic E-state index is 4.43. The van der Waals surface area contributed by atoms with Crippen molar-refractivity contribution in [2.75, 3.05) is 13.1 Å². The first-order chi connectivity index (χ1) is 9.06. The number of nitrogens with one attached hydrogen (secondary N) is 1. The molecule has 106 valence electrons. The number of thiazole rings is 1. The van der Waals surface area contributed by atoms with Crippen LogP contribution in [0.1, 0.15) is 43.0 Å². The lowest BCUT2D eigenvalue weighted by Gasteiger charge is -2.31. The fourth-order valence-electron chi connectivity index (χ4n) is 3.84. The average Bonchev–Trinajstić information content (AvgIpc) is 2.75. The van der Waals surface area contributed by atoms with Crippen LogP contribution in [0, 0.1) is 30.1 Å². The number of hydrogen-bond donors (Lipinski definition) is 1. The normalized spacial score (nSPS) is 32.8. The van der Waals surface area contributed by atoms with Gasteiger partial charge in [-0.05, 0) is 62.3 Å². The molecule has 2 nitrogen and oxygen atoms in total. The molecule has 0 amide bonds. The van der Waals surface area contributed by atoms with Crippen molar-refractivity contribution in [1.82, 2.24) is 10.3 Å². The summed E-state index contributed by atoms with van der Waals surface area (Å²) < 4.78 is 0. The molecule has 1 aromatic rings. The standard InChI is InChI=1S/C16H26N2S/c1-11(2)8-17-10-16(5-13-4-14(13)6-16)7-15-9-18-12(3)19-15/h9,11,13-14,17H,4-8,10H2,1-3H3. The van der Waals surface area contributed by atoms with Crippen LogP contribution in [-0.4, -0.2) is 18.1 Å². The molecule has 1 aromatic heterocycles. The van der Waals surface area contributed by atoms with Gasteiger partial charge in [-0.2, -0.15) is 0 Å². The largest absolute Gasteiger partial charge is 0.316 e. The second kappa shape index (κ2) is 5.17. The summed E-state index contributed by atoms with van der Waals surface area (Å²) in [6.45, 7) is 9.05. The lowest BCUT2D eigenvalue weighted by Crippen LogP contribution is -2.36. The molecule has 2 saturated carbocycles. The van der Waals surface area contributed by atoms with Gasteiger partial charge in [0, 0.05) is 17.6 Å². The molecule has 0 radical (unpaired) electrons. The Morgan fingerprint density at radius 2 is 2.16 bits per heavy atom. The first kappa shape index (κ1) is 13.6. The van der Waals surface area contributed by atoms with Crippen molar-refractivity contribution in [3.05, 3.63) is 16.1 Å². The van der Waals surface area contributed by atoms with Gasteiger partial charge in [-0.15, -0.1) is 11.3 Å². The second-order valence-corrected chi connectivity index (χ2v) is 8.53. The summed E-state index contributed by atoms with van der Waals surface area (Å²) >= 11 is 1.89. The zero-order valence-electron chi connectivity index (χ0n) is 12.4. The smallest absolute Gasteiger partial charge is 0.0896 e. The number of hydrogen-bond acceptors (Lipinski definition) is 3. The first-order valence-electron chi connectivity index (χ1n) is 7.68. The number of rotatable bonds is 6. The van der Waals surface area contributed by atoms with Crippen LogP contribution < -0.4 is 5.32 Å². The van der Waals surface area contributed by atoms with Crippen LogP contribution in [0.4, 0.5) is 0 Å². The van der Waals surface area contributed by atoms with Crippen molar-refractivity contribution in [2.24, 2.45) is 23.2 Å². The Hall–Kier alpha value is -0.410. The van der Waals surface area contributed by atoms with Crippen LogP contribution in [0.5, 0.6) is 0 Å². The lowest BCUT2D eigenvalue weighted by molar-refractivity contribution is 0.246. The van der Waals surface area contributed by atoms with E-state index in [4.69, 9.17) is 0 Å². The van der Waals surface area contributed by atoms with E-state index in [1.54, 1.807) is 0 Å². The van der Waals surface area contributed by atoms with Gasteiger partial charge in [0.2, 0.25) is 0 Å². The fourth-order valence-corrected chi connectivity index (χ4v) is 4.81. The Labute approximate surface area is 121 Å². The highest BCUT2D eigenvalue weighted by Crippen LogP contribution is 2.60. The maximum Gasteiger partial charge on any atom is 0.0896 e. The fraction of sp³-hybridized carbons (Fsp3) is 0.812. The van der Waals surface area contributed by atoms with Gasteiger partial charge in [-0.3, -0.25) is 0 Å². The van der Waals surface area contributed by atoms with Crippen molar-refractivity contribution in [2.45, 2.75) is 46.5 Å². The molecule has 0 aliphatic heterocycles. The van der Waals surface area contributed by atoms with Crippen LogP contribution in [-0.2, 0) is 6.42 Å². The van der Waals surface area contributed by atoms with Crippen LogP contribution in [0.15, 0.2) is 6.20 Å². The van der Waals surface area contributed by atoms with Gasteiger partial charge in [0.05, 0.1) is 5.01 Å². The quantitative estimate of drug-likeness (QED) is 0.859. The highest BCUT2D eigenvalue weighted by Gasteiger charge is 2.53. The van der Waals surface area contributed by atoms with Gasteiger partial charge in [0.1, 0.15) is 0 Å². The summed E-state index contributed by atoms with van der Waals surface area (Å²) in [4.78, 5) is 5.92. The molecule has 3 heteroatoms. The zero-order valence-corrected chi connectivity index (χ0v) is 13.2. The molecule has 2 aliphatic carbocycles. The summed E-state index contributed by atoms with van der Waals surface area (Å²) in [6, 6.07) is 0. The van der Waals surface area contributed by atoms with Gasteiger partial charge < -0.3 is 5.32 Å². The van der Waals surface area contributed by atoms with Gasteiger partial charge in [-0.25, -0.2) is 4.98 Å². The van der Waals surface area contributed by atoms with Crippen LogP contribution in [0.2, 0.25) is 0 Å². The molecule has 19 heavy (non-hydrogen) atoms. The van der Waals surface area contributed by atoms with Gasteiger partial charge >= 0.3 is 0 Å². The second-order valence-electron chi connectivity index (χ2n) is 7.21. The Morgan fingerprint density at radius 1 is 1.42 bits per heavy atom. The van der Waals surface area contributed by atoms with Crippen molar-refractivity contribution >= 4 is 11.3 Å². The minimum absolute atomic E-state index is 0.529. The Morgan fingerprint density at radius 3 is 2.74 bits per heavy atom. The summed E-state index contributed by atoms with van der Waals surface area (Å²) in [5, 5.41) is 4.93. The molecule has 0 bridgehead atoms. The third kappa shape index (κ3) is 3.19. The minimum Gasteiger partial charge on any atom is -0.316 e. The molecule has 1 heterocycles. The molecule has 2 atom stereocenters. The van der Waals surface area contributed by atoms with E-state index in [0.717, 1.165) is 24.3 Å². The molecular formula is C16H26N2S. The van der Waals surface area contributed by atoms with Gasteiger partial charge in [0.25, 0.3) is 0 Å². The molecular weight excluding hydrogens is 252 g/mol. The van der Waals surface area contributed by atoms with E-state index in [9.17, 15) is 0 Å². The van der Waals surface area contributed by atoms with Crippen molar-refractivity contribution in [3.8, 4) is 0 Å². The number of aryl methyl sites for hydroxylation is 1. The van der Waals surface area contributed by atoms with Crippen LogP contribution in [0.25, 0.3) is 0 Å². The molecule has 2 aliphatic rings. The summed E-state index contributed by atoms with van der Waals surface area (Å²) in [6.07, 6.45) is 7.75. The summed E-state index contributed by atoms with van der Waals surface area (Å²) in [7, 11) is 0. The molecule has 0 saturated heterocycles. The molecule has 0 spiro atoms. The first-order valence-corrected chi connectivity index (χ1v) is 8.50. The average molecular weight is 278 g/mol. The minimum atomic E-state index is 0.529. The molecule has 2 fully saturated rings. The lowest BCUT2D eigenvalue weighted by atomic mass is 9.79. The SMILES string of the molecule is Cc1ncc(CC2(CNCC(C)C)CC3CC3C2)s1. The Kier molecular flexibility index (Phi) is 3.69. The highest BCUT2D eigenvalue weighted by atomic mass is 32.1. The molecule has 0 aromatic carbocycles. The highest BCUT2D eigenvalue weighted by molar-refractivity contribution is 7.11. The van der Waals surface area contributed by atoms with E-state index in [2.05, 4.69) is 37.3 Å². The number of fused-ring (bicyclic) bond motifs is 1. The number of aromatic nitrogens is 1. The monoisotopic (exact) mass is 278 g/mol. The predicted molar refractivity (Wildman–Crippen MR) is 81.5 cm³/mol. The van der Waals surface area contributed by atoms with Crippen molar-refractivity contribution in [3.63, 3.8) is 0 Å². The van der Waals surface area contributed by atoms with Gasteiger partial charge in [0.15, 0.2) is 0 Å². The van der Waals surface area contributed by atoms with Crippen molar-refractivity contribution < 1.29 is 0 Å². The molecule has 1 N–H and O–H groups in total. The number of nitrogens with zero attached hydrogens (tertiary/aromatic N) is 1. The van der Waals surface area contributed by atoms with E-state index >= 15 is 0 Å². The third-order valence-electron chi connectivity index (χ3n) is 4.73. The van der Waals surface area contributed by atoms with E-state index in [1.165, 1.54) is 42.1 Å². The van der Waals surface area contributed by atoms with Crippen LogP contribution in [0.3, 0.4) is 0 Å². The topological polar surface area (TPSA) is 24.9 Å². The predicted octanol–water partition coefficient (Wildman–Crippen LogP) is 3.66. The summed E-state index contributed by atoms with van der Waals surface area (Å²) in [5.74, 6) is 2.85. The van der Waals surface area contributed by atoms with Crippen molar-refractivity contribution in [1.29, 1.82) is 0 Å². The summed E-state index contributed by atoms with van der Waals surface area (Å²) in [5.41, 5.74) is 0.529. The van der Waals surface area contributed by atoms with E-state index in [0.29, 0.717) is 5.41 Å². The Bertz CT molecular complexity index is 428. The molecule has 3 rings (SSSR count). The molecule has 2 unspecified atom stereocenters. The Balaban J connectivity index is 1.63. The van der Waals surface area contributed by atoms with E-state index < -0.39 is 0 Å². The van der Waals surface area contributed by atoms with E-state index in [-0.39, 0.29) is 0 Å².